The second kappa shape index (κ2) is 7.03. The molecule has 0 spiro atoms. The van der Waals surface area contributed by atoms with Crippen molar-refractivity contribution in [3.63, 3.8) is 0 Å². The number of rotatable bonds is 4. The number of hydrogen-bond acceptors (Lipinski definition) is 6. The van der Waals surface area contributed by atoms with Crippen LogP contribution in [0.2, 0.25) is 0 Å². The maximum absolute atomic E-state index is 5.04. The molecule has 1 atom stereocenters. The fraction of sp³-hybridized carbons (Fsp3) is 0.350. The molecule has 1 aliphatic rings. The maximum Gasteiger partial charge on any atom is 0.165 e. The highest BCUT2D eigenvalue weighted by Gasteiger charge is 2.21. The molecule has 1 fully saturated rings. The molecule has 5 rings (SSSR count). The summed E-state index contributed by atoms with van der Waals surface area (Å²) < 4.78 is 3.71. The lowest BCUT2D eigenvalue weighted by Gasteiger charge is -2.23. The van der Waals surface area contributed by atoms with Crippen molar-refractivity contribution in [3.8, 4) is 11.1 Å². The second-order valence-corrected chi connectivity index (χ2v) is 8.33. The Labute approximate surface area is 167 Å². The third-order valence-corrected chi connectivity index (χ3v) is 6.17. The normalized spacial score (nSPS) is 17.3. The topological polar surface area (TPSA) is 72.1 Å². The number of anilines is 2. The maximum atomic E-state index is 5.04. The van der Waals surface area contributed by atoms with E-state index in [0.717, 1.165) is 52.8 Å². The van der Waals surface area contributed by atoms with E-state index < -0.39 is 0 Å². The number of nitrogens with one attached hydrogen (secondary N) is 2. The van der Waals surface area contributed by atoms with Crippen LogP contribution < -0.4 is 10.6 Å². The molecule has 28 heavy (non-hydrogen) atoms. The van der Waals surface area contributed by atoms with E-state index in [-0.39, 0.29) is 0 Å². The smallest absolute Gasteiger partial charge is 0.165 e. The van der Waals surface area contributed by atoms with Crippen LogP contribution in [0.25, 0.3) is 16.8 Å². The zero-order chi connectivity index (χ0) is 19.1. The van der Waals surface area contributed by atoms with Crippen molar-refractivity contribution >= 4 is 27.8 Å². The lowest BCUT2D eigenvalue weighted by Crippen LogP contribution is -2.29. The summed E-state index contributed by atoms with van der Waals surface area (Å²) in [5.41, 5.74) is 5.27. The van der Waals surface area contributed by atoms with Crippen molar-refractivity contribution in [2.75, 3.05) is 18.4 Å². The van der Waals surface area contributed by atoms with E-state index in [2.05, 4.69) is 45.3 Å². The predicted octanol–water partition coefficient (Wildman–Crippen LogP) is 3.71. The van der Waals surface area contributed by atoms with Crippen LogP contribution >= 0.6 is 11.3 Å². The number of thiophene rings is 1. The molecule has 0 bridgehead atoms. The summed E-state index contributed by atoms with van der Waals surface area (Å²) in [6, 6.07) is 4.31. The van der Waals surface area contributed by atoms with Gasteiger partial charge in [-0.2, -0.15) is 14.7 Å². The molecule has 8 heteroatoms. The lowest BCUT2D eigenvalue weighted by atomic mass is 9.96. The monoisotopic (exact) mass is 393 g/mol. The van der Waals surface area contributed by atoms with Gasteiger partial charge in [0, 0.05) is 42.9 Å². The number of hydrogen-bond donors (Lipinski definition) is 2. The Morgan fingerprint density at radius 1 is 1.25 bits per heavy atom. The fourth-order valence-electron chi connectivity index (χ4n) is 3.77. The van der Waals surface area contributed by atoms with Crippen molar-refractivity contribution in [1.82, 2.24) is 29.7 Å². The van der Waals surface area contributed by atoms with E-state index in [4.69, 9.17) is 4.98 Å². The molecular formula is C20H23N7S. The van der Waals surface area contributed by atoms with E-state index in [1.807, 2.05) is 30.2 Å². The largest absolute Gasteiger partial charge is 0.332 e. The van der Waals surface area contributed by atoms with E-state index in [1.165, 1.54) is 12.0 Å². The number of aryl methyl sites for hydroxylation is 2. The lowest BCUT2D eigenvalue weighted by molar-refractivity contribution is 0.455. The molecule has 1 aliphatic heterocycles. The van der Waals surface area contributed by atoms with Crippen LogP contribution in [-0.2, 0) is 7.05 Å². The van der Waals surface area contributed by atoms with Crippen LogP contribution in [0.4, 0.5) is 10.8 Å². The quantitative estimate of drug-likeness (QED) is 0.553. The third-order valence-electron chi connectivity index (χ3n) is 5.20. The molecule has 0 saturated carbocycles. The van der Waals surface area contributed by atoms with Crippen molar-refractivity contribution in [1.29, 1.82) is 0 Å². The molecule has 144 valence electrons. The third kappa shape index (κ3) is 3.18. The first-order valence-electron chi connectivity index (χ1n) is 9.58. The van der Waals surface area contributed by atoms with E-state index in [0.29, 0.717) is 5.92 Å². The molecule has 0 radical (unpaired) electrons. The Balaban J connectivity index is 1.64. The Hall–Kier alpha value is -2.71. The Morgan fingerprint density at radius 2 is 2.18 bits per heavy atom. The molecule has 1 saturated heterocycles. The van der Waals surface area contributed by atoms with Crippen LogP contribution in [-0.4, -0.2) is 37.5 Å². The molecular weight excluding hydrogens is 370 g/mol. The van der Waals surface area contributed by atoms with Crippen molar-refractivity contribution in [2.24, 2.45) is 7.05 Å². The van der Waals surface area contributed by atoms with Gasteiger partial charge in [-0.3, -0.25) is 4.68 Å². The second-order valence-electron chi connectivity index (χ2n) is 7.42. The summed E-state index contributed by atoms with van der Waals surface area (Å²) in [6.07, 6.45) is 8.09. The SMILES string of the molecule is Cc1csc(Nc2cc(C3CCCNC3)nc3c(-c4cnn(C)c4)cnn23)c1. The standard InChI is InChI=1S/C20H23N7S/c1-13-6-19(28-12-13)25-18-7-17(14-4-3-5-21-8-14)24-20-16(10-23-27(18)20)15-9-22-26(2)11-15/h6-7,9-12,14,21,25H,3-5,8H2,1-2H3. The minimum Gasteiger partial charge on any atom is -0.332 e. The number of fused-ring (bicyclic) bond motifs is 1. The molecule has 0 aliphatic carbocycles. The zero-order valence-electron chi connectivity index (χ0n) is 16.0. The molecule has 1 unspecified atom stereocenters. The van der Waals surface area contributed by atoms with Crippen molar-refractivity contribution in [2.45, 2.75) is 25.7 Å². The van der Waals surface area contributed by atoms with Crippen LogP contribution in [0, 0.1) is 6.92 Å². The van der Waals surface area contributed by atoms with Gasteiger partial charge in [-0.1, -0.05) is 0 Å². The van der Waals surface area contributed by atoms with Gasteiger partial charge < -0.3 is 10.6 Å². The van der Waals surface area contributed by atoms with Gasteiger partial charge in [0.15, 0.2) is 5.65 Å². The minimum absolute atomic E-state index is 0.418. The highest BCUT2D eigenvalue weighted by molar-refractivity contribution is 7.14. The average molecular weight is 394 g/mol. The van der Waals surface area contributed by atoms with E-state index >= 15 is 0 Å². The number of nitrogens with zero attached hydrogens (tertiary/aromatic N) is 5. The van der Waals surface area contributed by atoms with Crippen LogP contribution in [0.3, 0.4) is 0 Å². The number of aromatic nitrogens is 5. The first-order chi connectivity index (χ1) is 13.7. The van der Waals surface area contributed by atoms with Gasteiger partial charge in [0.25, 0.3) is 0 Å². The highest BCUT2D eigenvalue weighted by atomic mass is 32.1. The molecule has 4 aromatic rings. The summed E-state index contributed by atoms with van der Waals surface area (Å²) in [6.45, 7) is 4.17. The molecule has 2 N–H and O–H groups in total. The van der Waals surface area contributed by atoms with Gasteiger partial charge in [0.05, 0.1) is 23.1 Å². The van der Waals surface area contributed by atoms with Gasteiger partial charge in [0.2, 0.25) is 0 Å². The molecule has 0 amide bonds. The molecule has 4 aromatic heterocycles. The van der Waals surface area contributed by atoms with Crippen LogP contribution in [0.15, 0.2) is 36.1 Å². The van der Waals surface area contributed by atoms with Gasteiger partial charge in [0.1, 0.15) is 5.82 Å². The van der Waals surface area contributed by atoms with Gasteiger partial charge in [-0.05, 0) is 43.3 Å². The van der Waals surface area contributed by atoms with E-state index in [9.17, 15) is 0 Å². The molecule has 0 aromatic carbocycles. The Morgan fingerprint density at radius 3 is 2.89 bits per heavy atom. The van der Waals surface area contributed by atoms with Crippen molar-refractivity contribution < 1.29 is 0 Å². The van der Waals surface area contributed by atoms with E-state index in [1.54, 1.807) is 16.0 Å². The summed E-state index contributed by atoms with van der Waals surface area (Å²) in [5, 5.41) is 19.3. The summed E-state index contributed by atoms with van der Waals surface area (Å²) in [7, 11) is 1.92. The molecule has 5 heterocycles. The fourth-order valence-corrected chi connectivity index (χ4v) is 4.57. The van der Waals surface area contributed by atoms with Gasteiger partial charge >= 0.3 is 0 Å². The first-order valence-corrected chi connectivity index (χ1v) is 10.5. The Bertz CT molecular complexity index is 1120. The van der Waals surface area contributed by atoms with Crippen LogP contribution in [0.1, 0.15) is 30.0 Å². The Kier molecular flexibility index (Phi) is 4.37. The summed E-state index contributed by atoms with van der Waals surface area (Å²) in [4.78, 5) is 5.04. The van der Waals surface area contributed by atoms with Gasteiger partial charge in [-0.25, -0.2) is 4.98 Å². The zero-order valence-corrected chi connectivity index (χ0v) is 16.8. The van der Waals surface area contributed by atoms with Crippen molar-refractivity contribution in [3.05, 3.63) is 47.4 Å². The van der Waals surface area contributed by atoms with Gasteiger partial charge in [-0.15, -0.1) is 11.3 Å². The highest BCUT2D eigenvalue weighted by Crippen LogP contribution is 2.31. The molecule has 7 nitrogen and oxygen atoms in total. The summed E-state index contributed by atoms with van der Waals surface area (Å²) in [5.74, 6) is 1.36. The predicted molar refractivity (Wildman–Crippen MR) is 112 cm³/mol. The van der Waals surface area contributed by atoms with Crippen LogP contribution in [0.5, 0.6) is 0 Å². The minimum atomic E-state index is 0.418. The average Bonchev–Trinajstić information content (AvgIpc) is 3.42. The summed E-state index contributed by atoms with van der Waals surface area (Å²) >= 11 is 1.70. The first kappa shape index (κ1) is 17.4. The number of piperidine rings is 1.